The maximum Gasteiger partial charge on any atom is 0.144 e. The molecule has 4 heteroatoms. The summed E-state index contributed by atoms with van der Waals surface area (Å²) in [5.41, 5.74) is 7.76. The van der Waals surface area contributed by atoms with Crippen molar-refractivity contribution in [2.75, 3.05) is 31.2 Å². The van der Waals surface area contributed by atoms with Crippen molar-refractivity contribution in [2.24, 2.45) is 0 Å². The normalized spacial score (nSPS) is 23.6. The van der Waals surface area contributed by atoms with Gasteiger partial charge in [-0.05, 0) is 45.4 Å². The number of likely N-dealkylation sites (tertiary alicyclic amines) is 1. The van der Waals surface area contributed by atoms with E-state index in [-0.39, 0.29) is 0 Å². The summed E-state index contributed by atoms with van der Waals surface area (Å²) in [6.07, 6.45) is 3.34. The molecule has 112 valence electrons. The monoisotopic (exact) mass is 277 g/mol. The van der Waals surface area contributed by atoms with E-state index in [2.05, 4.69) is 31.1 Å². The summed E-state index contributed by atoms with van der Waals surface area (Å²) in [6, 6.07) is 7.14. The van der Waals surface area contributed by atoms with Crippen molar-refractivity contribution in [1.29, 1.82) is 0 Å². The van der Waals surface area contributed by atoms with E-state index in [0.717, 1.165) is 24.4 Å². The molecule has 1 aliphatic rings. The highest BCUT2D eigenvalue weighted by Crippen LogP contribution is 2.27. The molecule has 1 saturated heterocycles. The molecule has 3 N–H and O–H groups in total. The van der Waals surface area contributed by atoms with E-state index in [1.807, 2.05) is 18.2 Å². The first-order chi connectivity index (χ1) is 9.60. The lowest BCUT2D eigenvalue weighted by atomic mass is 9.98. The first-order valence-electron chi connectivity index (χ1n) is 7.59. The number of benzene rings is 1. The van der Waals surface area contributed by atoms with E-state index in [0.29, 0.717) is 24.4 Å². The summed E-state index contributed by atoms with van der Waals surface area (Å²) in [7, 11) is 2.20. The molecule has 0 spiro atoms. The third-order valence-corrected chi connectivity index (χ3v) is 4.05. The third kappa shape index (κ3) is 3.79. The quantitative estimate of drug-likeness (QED) is 0.813. The van der Waals surface area contributed by atoms with Crippen LogP contribution < -0.4 is 15.8 Å². The van der Waals surface area contributed by atoms with Gasteiger partial charge in [0.1, 0.15) is 5.75 Å². The van der Waals surface area contributed by atoms with Gasteiger partial charge in [-0.2, -0.15) is 0 Å². The molecule has 1 aliphatic heterocycles. The summed E-state index contributed by atoms with van der Waals surface area (Å²) in [5.74, 6) is 0.790. The molecule has 1 fully saturated rings. The summed E-state index contributed by atoms with van der Waals surface area (Å²) in [4.78, 5) is 2.41. The number of nitrogens with zero attached hydrogens (tertiary/aromatic N) is 1. The van der Waals surface area contributed by atoms with Crippen LogP contribution in [-0.2, 0) is 0 Å². The molecule has 0 aromatic heterocycles. The average molecular weight is 277 g/mol. The van der Waals surface area contributed by atoms with Crippen LogP contribution in [0, 0.1) is 0 Å². The SMILES string of the molecule is CCCOc1cc(NC2CCN(C)C(C)C2)ccc1N. The van der Waals surface area contributed by atoms with Crippen LogP contribution in [0.2, 0.25) is 0 Å². The molecule has 0 aliphatic carbocycles. The topological polar surface area (TPSA) is 50.5 Å². The van der Waals surface area contributed by atoms with Gasteiger partial charge in [0.15, 0.2) is 0 Å². The minimum absolute atomic E-state index is 0.531. The van der Waals surface area contributed by atoms with Gasteiger partial charge in [-0.25, -0.2) is 0 Å². The average Bonchev–Trinajstić information content (AvgIpc) is 2.43. The van der Waals surface area contributed by atoms with Crippen molar-refractivity contribution in [1.82, 2.24) is 4.90 Å². The second-order valence-corrected chi connectivity index (χ2v) is 5.80. The van der Waals surface area contributed by atoms with Gasteiger partial charge >= 0.3 is 0 Å². The number of hydrogen-bond acceptors (Lipinski definition) is 4. The third-order valence-electron chi connectivity index (χ3n) is 4.05. The van der Waals surface area contributed by atoms with Crippen molar-refractivity contribution in [3.8, 4) is 5.75 Å². The van der Waals surface area contributed by atoms with Gasteiger partial charge < -0.3 is 20.7 Å². The van der Waals surface area contributed by atoms with Gasteiger partial charge in [0, 0.05) is 30.4 Å². The van der Waals surface area contributed by atoms with E-state index in [1.54, 1.807) is 0 Å². The van der Waals surface area contributed by atoms with Gasteiger partial charge in [-0.3, -0.25) is 0 Å². The van der Waals surface area contributed by atoms with Crippen LogP contribution in [0.25, 0.3) is 0 Å². The zero-order chi connectivity index (χ0) is 14.5. The molecule has 2 atom stereocenters. The van der Waals surface area contributed by atoms with Crippen LogP contribution in [0.15, 0.2) is 18.2 Å². The Hall–Kier alpha value is -1.42. The molecule has 20 heavy (non-hydrogen) atoms. The van der Waals surface area contributed by atoms with E-state index in [1.165, 1.54) is 12.8 Å². The maximum atomic E-state index is 5.94. The van der Waals surface area contributed by atoms with E-state index in [4.69, 9.17) is 10.5 Å². The van der Waals surface area contributed by atoms with Crippen molar-refractivity contribution in [3.05, 3.63) is 18.2 Å². The molecule has 1 aromatic rings. The number of rotatable bonds is 5. The minimum atomic E-state index is 0.531. The van der Waals surface area contributed by atoms with E-state index >= 15 is 0 Å². The summed E-state index contributed by atoms with van der Waals surface area (Å²) >= 11 is 0. The zero-order valence-electron chi connectivity index (χ0n) is 12.9. The Kier molecular flexibility index (Phi) is 5.12. The highest BCUT2D eigenvalue weighted by Gasteiger charge is 2.22. The highest BCUT2D eigenvalue weighted by molar-refractivity contribution is 5.61. The van der Waals surface area contributed by atoms with Crippen LogP contribution in [0.1, 0.15) is 33.1 Å². The van der Waals surface area contributed by atoms with Crippen LogP contribution in [0.3, 0.4) is 0 Å². The number of nitrogen functional groups attached to an aromatic ring is 1. The first kappa shape index (κ1) is 15.0. The fourth-order valence-electron chi connectivity index (χ4n) is 2.62. The molecule has 0 amide bonds. The second-order valence-electron chi connectivity index (χ2n) is 5.80. The summed E-state index contributed by atoms with van der Waals surface area (Å²) < 4.78 is 5.68. The molecule has 2 rings (SSSR count). The second kappa shape index (κ2) is 6.84. The zero-order valence-corrected chi connectivity index (χ0v) is 12.9. The lowest BCUT2D eigenvalue weighted by molar-refractivity contribution is 0.190. The van der Waals surface area contributed by atoms with E-state index in [9.17, 15) is 0 Å². The molecular weight excluding hydrogens is 250 g/mol. The van der Waals surface area contributed by atoms with Gasteiger partial charge in [0.05, 0.1) is 12.3 Å². The van der Waals surface area contributed by atoms with Crippen molar-refractivity contribution in [3.63, 3.8) is 0 Å². The largest absolute Gasteiger partial charge is 0.491 e. The lowest BCUT2D eigenvalue weighted by Gasteiger charge is -2.35. The molecule has 0 radical (unpaired) electrons. The lowest BCUT2D eigenvalue weighted by Crippen LogP contribution is -2.42. The van der Waals surface area contributed by atoms with Crippen LogP contribution in [0.5, 0.6) is 5.75 Å². The Morgan fingerprint density at radius 2 is 2.25 bits per heavy atom. The Labute approximate surface area is 122 Å². The first-order valence-corrected chi connectivity index (χ1v) is 7.59. The number of anilines is 2. The molecule has 1 aromatic carbocycles. The number of piperidine rings is 1. The van der Waals surface area contributed by atoms with E-state index < -0.39 is 0 Å². The predicted molar refractivity (Wildman–Crippen MR) is 85.4 cm³/mol. The Bertz CT molecular complexity index is 436. The predicted octanol–water partition coefficient (Wildman–Crippen LogP) is 2.95. The van der Waals surface area contributed by atoms with Gasteiger partial charge in [-0.1, -0.05) is 6.92 Å². The minimum Gasteiger partial charge on any atom is -0.491 e. The Morgan fingerprint density at radius 1 is 1.45 bits per heavy atom. The number of nitrogens with one attached hydrogen (secondary N) is 1. The molecule has 4 nitrogen and oxygen atoms in total. The maximum absolute atomic E-state index is 5.94. The van der Waals surface area contributed by atoms with Gasteiger partial charge in [0.25, 0.3) is 0 Å². The van der Waals surface area contributed by atoms with Crippen molar-refractivity contribution < 1.29 is 4.74 Å². The van der Waals surface area contributed by atoms with Gasteiger partial charge in [0.2, 0.25) is 0 Å². The molecule has 0 bridgehead atoms. The molecule has 2 unspecified atom stereocenters. The van der Waals surface area contributed by atoms with Crippen LogP contribution in [-0.4, -0.2) is 37.2 Å². The fraction of sp³-hybridized carbons (Fsp3) is 0.625. The number of hydrogen-bond donors (Lipinski definition) is 2. The smallest absolute Gasteiger partial charge is 0.144 e. The molecule has 0 saturated carbocycles. The fourth-order valence-corrected chi connectivity index (χ4v) is 2.62. The number of nitrogens with two attached hydrogens (primary N) is 1. The highest BCUT2D eigenvalue weighted by atomic mass is 16.5. The van der Waals surface area contributed by atoms with Crippen molar-refractivity contribution in [2.45, 2.75) is 45.2 Å². The van der Waals surface area contributed by atoms with Crippen LogP contribution >= 0.6 is 0 Å². The standard InChI is InChI=1S/C16H27N3O/c1-4-9-20-16-11-13(5-6-15(16)17)18-14-7-8-19(3)12(2)10-14/h5-6,11-12,14,18H,4,7-10,17H2,1-3H3. The molecular formula is C16H27N3O. The van der Waals surface area contributed by atoms with Crippen LogP contribution in [0.4, 0.5) is 11.4 Å². The summed E-state index contributed by atoms with van der Waals surface area (Å²) in [5, 5.41) is 3.61. The Balaban J connectivity index is 1.99. The summed E-state index contributed by atoms with van der Waals surface area (Å²) in [6.45, 7) is 6.23. The molecule has 1 heterocycles. The van der Waals surface area contributed by atoms with Gasteiger partial charge in [-0.15, -0.1) is 0 Å². The number of ether oxygens (including phenoxy) is 1. The van der Waals surface area contributed by atoms with Crippen molar-refractivity contribution >= 4 is 11.4 Å². The Morgan fingerprint density at radius 3 is 2.95 bits per heavy atom.